The first-order chi connectivity index (χ1) is 8.33. The molecule has 3 unspecified atom stereocenters. The number of sulfone groups is 1. The van der Waals surface area contributed by atoms with Crippen molar-refractivity contribution in [3.63, 3.8) is 0 Å². The van der Waals surface area contributed by atoms with Crippen LogP contribution in [0.1, 0.15) is 26.7 Å². The average molecular weight is 274 g/mol. The van der Waals surface area contributed by atoms with Crippen molar-refractivity contribution in [2.24, 2.45) is 0 Å². The van der Waals surface area contributed by atoms with Crippen LogP contribution in [0.25, 0.3) is 0 Å². The molecule has 0 aliphatic carbocycles. The van der Waals surface area contributed by atoms with Crippen LogP contribution in [0.4, 0.5) is 0 Å². The second-order valence-electron chi connectivity index (χ2n) is 5.03. The summed E-state index contributed by atoms with van der Waals surface area (Å²) in [4.78, 5) is 25.0. The molecule has 2 fully saturated rings. The van der Waals surface area contributed by atoms with Gasteiger partial charge in [-0.25, -0.2) is 8.42 Å². The highest BCUT2D eigenvalue weighted by molar-refractivity contribution is 7.92. The molecule has 0 spiro atoms. The van der Waals surface area contributed by atoms with Crippen molar-refractivity contribution in [3.8, 4) is 0 Å². The fourth-order valence-electron chi connectivity index (χ4n) is 2.51. The van der Waals surface area contributed by atoms with Gasteiger partial charge in [0, 0.05) is 6.54 Å². The van der Waals surface area contributed by atoms with Crippen molar-refractivity contribution < 1.29 is 18.0 Å². The minimum Gasteiger partial charge on any atom is -0.343 e. The third-order valence-electron chi connectivity index (χ3n) is 3.72. The Morgan fingerprint density at radius 2 is 2.00 bits per heavy atom. The number of rotatable bonds is 2. The molecule has 2 rings (SSSR count). The summed E-state index contributed by atoms with van der Waals surface area (Å²) in [5.74, 6) is -0.239. The molecule has 0 saturated carbocycles. The molecule has 3 atom stereocenters. The molecule has 1 N–H and O–H groups in total. The van der Waals surface area contributed by atoms with Gasteiger partial charge in [0.05, 0.1) is 11.0 Å². The van der Waals surface area contributed by atoms with Gasteiger partial charge in [-0.05, 0) is 26.7 Å². The van der Waals surface area contributed by atoms with E-state index in [1.54, 1.807) is 13.8 Å². The molecular weight excluding hydrogens is 256 g/mol. The summed E-state index contributed by atoms with van der Waals surface area (Å²) in [7, 11) is -3.09. The van der Waals surface area contributed by atoms with Gasteiger partial charge in [-0.2, -0.15) is 0 Å². The van der Waals surface area contributed by atoms with E-state index in [1.165, 1.54) is 4.90 Å². The Hall–Kier alpha value is -1.11. The Morgan fingerprint density at radius 3 is 2.56 bits per heavy atom. The van der Waals surface area contributed by atoms with E-state index in [2.05, 4.69) is 5.32 Å². The smallest absolute Gasteiger partial charge is 0.245 e. The molecule has 102 valence electrons. The highest BCUT2D eigenvalue weighted by Crippen LogP contribution is 2.23. The van der Waals surface area contributed by atoms with Crippen molar-refractivity contribution in [1.29, 1.82) is 0 Å². The fourth-order valence-corrected chi connectivity index (χ4v) is 4.32. The quantitative estimate of drug-likeness (QED) is 0.721. The highest BCUT2D eigenvalue weighted by atomic mass is 32.2. The first-order valence-corrected chi connectivity index (χ1v) is 7.87. The molecule has 0 aromatic heterocycles. The molecule has 2 aliphatic heterocycles. The van der Waals surface area contributed by atoms with E-state index in [0.29, 0.717) is 12.8 Å². The SMILES string of the molecule is CC1NC(=O)C(C)N(CC2CCCS2(=O)=O)C1=O. The van der Waals surface area contributed by atoms with Gasteiger partial charge in [-0.1, -0.05) is 0 Å². The summed E-state index contributed by atoms with van der Waals surface area (Å²) in [5.41, 5.74) is 0. The Bertz CT molecular complexity index is 473. The van der Waals surface area contributed by atoms with Crippen molar-refractivity contribution in [3.05, 3.63) is 0 Å². The van der Waals surface area contributed by atoms with Crippen LogP contribution < -0.4 is 5.32 Å². The number of nitrogens with zero attached hydrogens (tertiary/aromatic N) is 1. The van der Waals surface area contributed by atoms with Gasteiger partial charge in [-0.3, -0.25) is 9.59 Å². The van der Waals surface area contributed by atoms with E-state index >= 15 is 0 Å². The van der Waals surface area contributed by atoms with Crippen LogP contribution >= 0.6 is 0 Å². The fraction of sp³-hybridized carbons (Fsp3) is 0.818. The molecule has 0 bridgehead atoms. The van der Waals surface area contributed by atoms with Crippen LogP contribution in [0.3, 0.4) is 0 Å². The first kappa shape index (κ1) is 13.3. The third kappa shape index (κ3) is 2.23. The maximum Gasteiger partial charge on any atom is 0.245 e. The number of hydrogen-bond acceptors (Lipinski definition) is 4. The second-order valence-corrected chi connectivity index (χ2v) is 7.43. The van der Waals surface area contributed by atoms with Crippen LogP contribution in [0.2, 0.25) is 0 Å². The Morgan fingerprint density at radius 1 is 1.33 bits per heavy atom. The molecule has 18 heavy (non-hydrogen) atoms. The van der Waals surface area contributed by atoms with Crippen LogP contribution in [-0.4, -0.2) is 54.8 Å². The van der Waals surface area contributed by atoms with E-state index in [-0.39, 0.29) is 24.1 Å². The van der Waals surface area contributed by atoms with E-state index < -0.39 is 27.2 Å². The van der Waals surface area contributed by atoms with Crippen LogP contribution in [0.5, 0.6) is 0 Å². The lowest BCUT2D eigenvalue weighted by atomic mass is 10.1. The zero-order valence-corrected chi connectivity index (χ0v) is 11.4. The molecule has 2 heterocycles. The third-order valence-corrected chi connectivity index (χ3v) is 5.98. The Balaban J connectivity index is 2.16. The van der Waals surface area contributed by atoms with Crippen LogP contribution in [0, 0.1) is 0 Å². The molecule has 7 heteroatoms. The van der Waals surface area contributed by atoms with Gasteiger partial charge in [-0.15, -0.1) is 0 Å². The lowest BCUT2D eigenvalue weighted by Gasteiger charge is -2.37. The zero-order chi connectivity index (χ0) is 13.5. The molecule has 2 saturated heterocycles. The normalized spacial score (nSPS) is 35.7. The van der Waals surface area contributed by atoms with Gasteiger partial charge < -0.3 is 10.2 Å². The topological polar surface area (TPSA) is 83.6 Å². The molecule has 0 radical (unpaired) electrons. The Kier molecular flexibility index (Phi) is 3.35. The summed E-state index contributed by atoms with van der Waals surface area (Å²) in [5, 5.41) is 2.06. The number of carbonyl (C=O) groups is 2. The lowest BCUT2D eigenvalue weighted by Crippen LogP contribution is -2.62. The van der Waals surface area contributed by atoms with E-state index in [9.17, 15) is 18.0 Å². The van der Waals surface area contributed by atoms with Crippen molar-refractivity contribution in [1.82, 2.24) is 10.2 Å². The monoisotopic (exact) mass is 274 g/mol. The number of carbonyl (C=O) groups excluding carboxylic acids is 2. The maximum atomic E-state index is 12.0. The summed E-state index contributed by atoms with van der Waals surface area (Å²) in [6.45, 7) is 3.38. The number of amides is 2. The lowest BCUT2D eigenvalue weighted by molar-refractivity contribution is -0.148. The zero-order valence-electron chi connectivity index (χ0n) is 10.5. The average Bonchev–Trinajstić information content (AvgIpc) is 2.61. The van der Waals surface area contributed by atoms with Crippen molar-refractivity contribution in [2.45, 2.75) is 44.0 Å². The summed E-state index contributed by atoms with van der Waals surface area (Å²) >= 11 is 0. The molecule has 6 nitrogen and oxygen atoms in total. The van der Waals surface area contributed by atoms with E-state index in [1.807, 2.05) is 0 Å². The van der Waals surface area contributed by atoms with Crippen LogP contribution in [-0.2, 0) is 19.4 Å². The molecule has 2 amide bonds. The first-order valence-electron chi connectivity index (χ1n) is 6.15. The predicted molar refractivity (Wildman–Crippen MR) is 65.6 cm³/mol. The van der Waals surface area contributed by atoms with Crippen LogP contribution in [0.15, 0.2) is 0 Å². The molecule has 2 aliphatic rings. The van der Waals surface area contributed by atoms with Gasteiger partial charge in [0.2, 0.25) is 11.8 Å². The maximum absolute atomic E-state index is 12.0. The summed E-state index contributed by atoms with van der Waals surface area (Å²) < 4.78 is 23.5. The molecule has 0 aromatic carbocycles. The predicted octanol–water partition coefficient (Wildman–Crippen LogP) is -0.701. The number of nitrogens with one attached hydrogen (secondary N) is 1. The molecular formula is C11H18N2O4S. The van der Waals surface area contributed by atoms with Gasteiger partial charge in [0.1, 0.15) is 12.1 Å². The van der Waals surface area contributed by atoms with Crippen molar-refractivity contribution >= 4 is 21.7 Å². The highest BCUT2D eigenvalue weighted by Gasteiger charge is 2.40. The Labute approximate surface area is 107 Å². The summed E-state index contributed by atoms with van der Waals surface area (Å²) in [6.07, 6.45) is 1.22. The minimum atomic E-state index is -3.09. The number of hydrogen-bond donors (Lipinski definition) is 1. The summed E-state index contributed by atoms with van der Waals surface area (Å²) in [6, 6.07) is -1.16. The molecule has 0 aromatic rings. The largest absolute Gasteiger partial charge is 0.343 e. The van der Waals surface area contributed by atoms with E-state index in [4.69, 9.17) is 0 Å². The van der Waals surface area contributed by atoms with E-state index in [0.717, 1.165) is 0 Å². The minimum absolute atomic E-state index is 0.139. The standard InChI is InChI=1S/C11H18N2O4S/c1-7-11(15)13(8(2)10(14)12-7)6-9-4-3-5-18(9,16)17/h7-9H,3-6H2,1-2H3,(H,12,14). The van der Waals surface area contributed by atoms with Crippen molar-refractivity contribution in [2.75, 3.05) is 12.3 Å². The van der Waals surface area contributed by atoms with Gasteiger partial charge in [0.15, 0.2) is 9.84 Å². The van der Waals surface area contributed by atoms with Gasteiger partial charge >= 0.3 is 0 Å². The van der Waals surface area contributed by atoms with Gasteiger partial charge in [0.25, 0.3) is 0 Å². The second kappa shape index (κ2) is 4.53. The number of piperazine rings is 1.